The molecule has 1 aromatic rings. The Morgan fingerprint density at radius 1 is 1.33 bits per heavy atom. The second kappa shape index (κ2) is 6.50. The predicted octanol–water partition coefficient (Wildman–Crippen LogP) is 1.77. The third-order valence-corrected chi connectivity index (χ3v) is 3.85. The van der Waals surface area contributed by atoms with Crippen LogP contribution >= 0.6 is 0 Å². The molecule has 0 aromatic carbocycles. The fourth-order valence-electron chi connectivity index (χ4n) is 2.81. The lowest BCUT2D eigenvalue weighted by Gasteiger charge is -2.21. The molecule has 2 N–H and O–H groups in total. The van der Waals surface area contributed by atoms with Crippen LogP contribution in [-0.4, -0.2) is 15.0 Å². The molecule has 1 aliphatic carbocycles. The van der Waals surface area contributed by atoms with Crippen molar-refractivity contribution < 1.29 is 0 Å². The lowest BCUT2D eigenvalue weighted by Crippen LogP contribution is -2.12. The molecular weight excluding hydrogens is 226 g/mol. The standard InChI is InChI=1S/C13H21N5/c14-8-9-18-13(12(10-15)16-17-18)7-6-11-4-2-1-3-5-11/h11H,1-7,9-10,15H2. The van der Waals surface area contributed by atoms with Crippen molar-refractivity contribution in [1.82, 2.24) is 15.0 Å². The molecule has 1 heterocycles. The van der Waals surface area contributed by atoms with Crippen LogP contribution in [0.5, 0.6) is 0 Å². The first-order valence-electron chi connectivity index (χ1n) is 6.83. The summed E-state index contributed by atoms with van der Waals surface area (Å²) in [4.78, 5) is 0. The van der Waals surface area contributed by atoms with Gasteiger partial charge >= 0.3 is 0 Å². The largest absolute Gasteiger partial charge is 0.325 e. The highest BCUT2D eigenvalue weighted by molar-refractivity contribution is 5.11. The zero-order valence-corrected chi connectivity index (χ0v) is 10.8. The van der Waals surface area contributed by atoms with E-state index in [1.165, 1.54) is 38.5 Å². The maximum atomic E-state index is 8.77. The Bertz CT molecular complexity index is 412. The van der Waals surface area contributed by atoms with Crippen molar-refractivity contribution in [2.75, 3.05) is 0 Å². The van der Waals surface area contributed by atoms with Gasteiger partial charge in [-0.15, -0.1) is 5.10 Å². The maximum absolute atomic E-state index is 8.77. The summed E-state index contributed by atoms with van der Waals surface area (Å²) < 4.78 is 1.70. The van der Waals surface area contributed by atoms with Gasteiger partial charge in [-0.1, -0.05) is 37.3 Å². The number of aromatic nitrogens is 3. The summed E-state index contributed by atoms with van der Waals surface area (Å²) in [6.07, 6.45) is 8.93. The SMILES string of the molecule is N#CCn1nnc(CN)c1CCC1CCCCC1. The van der Waals surface area contributed by atoms with E-state index in [0.29, 0.717) is 6.54 Å². The highest BCUT2D eigenvalue weighted by atomic mass is 15.4. The first kappa shape index (κ1) is 13.0. The zero-order chi connectivity index (χ0) is 12.8. The summed E-state index contributed by atoms with van der Waals surface area (Å²) in [6.45, 7) is 0.679. The minimum Gasteiger partial charge on any atom is -0.325 e. The molecule has 0 bridgehead atoms. The summed E-state index contributed by atoms with van der Waals surface area (Å²) in [5, 5.41) is 16.8. The molecule has 1 fully saturated rings. The first-order chi connectivity index (χ1) is 8.85. The Kier molecular flexibility index (Phi) is 4.71. The van der Waals surface area contributed by atoms with Crippen LogP contribution in [0.15, 0.2) is 0 Å². The average Bonchev–Trinajstić information content (AvgIpc) is 2.80. The number of hydrogen-bond donors (Lipinski definition) is 1. The van der Waals surface area contributed by atoms with Crippen molar-refractivity contribution in [3.63, 3.8) is 0 Å². The van der Waals surface area contributed by atoms with Gasteiger partial charge in [0.25, 0.3) is 0 Å². The fraction of sp³-hybridized carbons (Fsp3) is 0.769. The van der Waals surface area contributed by atoms with Crippen LogP contribution in [0.25, 0.3) is 0 Å². The summed E-state index contributed by atoms with van der Waals surface area (Å²) >= 11 is 0. The van der Waals surface area contributed by atoms with Gasteiger partial charge in [0, 0.05) is 6.54 Å². The average molecular weight is 247 g/mol. The van der Waals surface area contributed by atoms with Crippen LogP contribution < -0.4 is 5.73 Å². The molecule has 0 amide bonds. The molecule has 1 aliphatic rings. The van der Waals surface area contributed by atoms with Crippen LogP contribution in [0.1, 0.15) is 49.9 Å². The fourth-order valence-corrected chi connectivity index (χ4v) is 2.81. The van der Waals surface area contributed by atoms with Crippen LogP contribution in [0.4, 0.5) is 0 Å². The molecular formula is C13H21N5. The highest BCUT2D eigenvalue weighted by Crippen LogP contribution is 2.27. The van der Waals surface area contributed by atoms with E-state index in [1.54, 1.807) is 4.68 Å². The van der Waals surface area contributed by atoms with Crippen molar-refractivity contribution in [2.45, 2.75) is 58.0 Å². The van der Waals surface area contributed by atoms with Crippen molar-refractivity contribution in [2.24, 2.45) is 11.7 Å². The minimum absolute atomic E-state index is 0.271. The Labute approximate surface area is 108 Å². The molecule has 0 saturated heterocycles. The molecule has 0 aliphatic heterocycles. The minimum atomic E-state index is 0.271. The van der Waals surface area contributed by atoms with Crippen LogP contribution in [0.3, 0.4) is 0 Å². The maximum Gasteiger partial charge on any atom is 0.130 e. The van der Waals surface area contributed by atoms with Crippen LogP contribution in [0, 0.1) is 17.2 Å². The number of nitrogens with two attached hydrogens (primary N) is 1. The molecule has 5 heteroatoms. The number of rotatable bonds is 5. The lowest BCUT2D eigenvalue weighted by molar-refractivity contribution is 0.336. The monoisotopic (exact) mass is 247 g/mol. The molecule has 5 nitrogen and oxygen atoms in total. The van der Waals surface area contributed by atoms with E-state index in [9.17, 15) is 0 Å². The lowest BCUT2D eigenvalue weighted by atomic mass is 9.85. The number of nitrogens with zero attached hydrogens (tertiary/aromatic N) is 4. The van der Waals surface area contributed by atoms with Gasteiger partial charge in [-0.25, -0.2) is 4.68 Å². The van der Waals surface area contributed by atoms with Crippen LogP contribution in [-0.2, 0) is 19.5 Å². The summed E-state index contributed by atoms with van der Waals surface area (Å²) in [5.74, 6) is 0.829. The number of hydrogen-bond acceptors (Lipinski definition) is 4. The van der Waals surface area contributed by atoms with Gasteiger partial charge in [0.05, 0.1) is 17.5 Å². The highest BCUT2D eigenvalue weighted by Gasteiger charge is 2.17. The number of nitriles is 1. The van der Waals surface area contributed by atoms with Gasteiger partial charge in [0.1, 0.15) is 6.54 Å². The van der Waals surface area contributed by atoms with Crippen molar-refractivity contribution in [1.29, 1.82) is 5.26 Å². The van der Waals surface area contributed by atoms with Gasteiger partial charge in [-0.2, -0.15) is 5.26 Å². The zero-order valence-electron chi connectivity index (χ0n) is 10.8. The molecule has 0 radical (unpaired) electrons. The molecule has 1 aromatic heterocycles. The Morgan fingerprint density at radius 3 is 2.78 bits per heavy atom. The molecule has 1 saturated carbocycles. The third kappa shape index (κ3) is 3.08. The second-order valence-electron chi connectivity index (χ2n) is 5.05. The van der Waals surface area contributed by atoms with E-state index < -0.39 is 0 Å². The van der Waals surface area contributed by atoms with E-state index >= 15 is 0 Å². The Hall–Kier alpha value is -1.41. The van der Waals surface area contributed by atoms with E-state index in [-0.39, 0.29) is 6.54 Å². The smallest absolute Gasteiger partial charge is 0.130 e. The Balaban J connectivity index is 1.98. The van der Waals surface area contributed by atoms with Gasteiger partial charge in [0.2, 0.25) is 0 Å². The van der Waals surface area contributed by atoms with E-state index in [0.717, 1.165) is 23.7 Å². The summed E-state index contributed by atoms with van der Waals surface area (Å²) in [6, 6.07) is 2.12. The van der Waals surface area contributed by atoms with E-state index in [1.807, 2.05) is 0 Å². The van der Waals surface area contributed by atoms with Gasteiger partial charge in [-0.3, -0.25) is 0 Å². The molecule has 0 spiro atoms. The topological polar surface area (TPSA) is 80.5 Å². The molecule has 98 valence electrons. The van der Waals surface area contributed by atoms with Crippen LogP contribution in [0.2, 0.25) is 0 Å². The molecule has 0 unspecified atom stereocenters. The summed E-state index contributed by atoms with van der Waals surface area (Å²) in [5.41, 5.74) is 7.58. The summed E-state index contributed by atoms with van der Waals surface area (Å²) in [7, 11) is 0. The molecule has 2 rings (SSSR count). The first-order valence-corrected chi connectivity index (χ1v) is 6.83. The second-order valence-corrected chi connectivity index (χ2v) is 5.05. The Morgan fingerprint density at radius 2 is 2.11 bits per heavy atom. The van der Waals surface area contributed by atoms with Crippen molar-refractivity contribution >= 4 is 0 Å². The van der Waals surface area contributed by atoms with Gasteiger partial charge < -0.3 is 5.73 Å². The van der Waals surface area contributed by atoms with Crippen molar-refractivity contribution in [3.05, 3.63) is 11.4 Å². The molecule has 0 atom stereocenters. The van der Waals surface area contributed by atoms with Gasteiger partial charge in [0.15, 0.2) is 0 Å². The normalized spacial score (nSPS) is 16.7. The predicted molar refractivity (Wildman–Crippen MR) is 68.4 cm³/mol. The third-order valence-electron chi connectivity index (χ3n) is 3.85. The van der Waals surface area contributed by atoms with E-state index in [4.69, 9.17) is 11.0 Å². The quantitative estimate of drug-likeness (QED) is 0.859. The molecule has 18 heavy (non-hydrogen) atoms. The van der Waals surface area contributed by atoms with Gasteiger partial charge in [-0.05, 0) is 18.8 Å². The van der Waals surface area contributed by atoms with Crippen molar-refractivity contribution in [3.8, 4) is 6.07 Å². The van der Waals surface area contributed by atoms with E-state index in [2.05, 4.69) is 16.4 Å².